The maximum Gasteiger partial charge on any atom is 0.339 e. The fraction of sp³-hybridized carbons (Fsp3) is 0.400. The Morgan fingerprint density at radius 1 is 1.30 bits per heavy atom. The van der Waals surface area contributed by atoms with Crippen molar-refractivity contribution in [3.63, 3.8) is 0 Å². The summed E-state index contributed by atoms with van der Waals surface area (Å²) in [5, 5.41) is 0. The molecule has 0 fully saturated rings. The van der Waals surface area contributed by atoms with Crippen LogP contribution in [0.1, 0.15) is 39.0 Å². The fourth-order valence-corrected chi connectivity index (χ4v) is 2.87. The molecule has 0 bridgehead atoms. The van der Waals surface area contributed by atoms with Gasteiger partial charge in [0.1, 0.15) is 18.2 Å². The van der Waals surface area contributed by atoms with E-state index in [2.05, 4.69) is 4.98 Å². The quantitative estimate of drug-likeness (QED) is 0.566. The van der Waals surface area contributed by atoms with E-state index in [1.54, 1.807) is 32.9 Å². The number of nitrogens with zero attached hydrogens (tertiary/aromatic N) is 1. The van der Waals surface area contributed by atoms with Crippen LogP contribution in [0.2, 0.25) is 0 Å². The van der Waals surface area contributed by atoms with Crippen molar-refractivity contribution < 1.29 is 23.5 Å². The molecule has 6 nitrogen and oxygen atoms in total. The molecule has 146 valence electrons. The highest BCUT2D eigenvalue weighted by Gasteiger charge is 2.27. The van der Waals surface area contributed by atoms with Crippen molar-refractivity contribution in [3.05, 3.63) is 52.6 Å². The van der Waals surface area contributed by atoms with Gasteiger partial charge in [-0.25, -0.2) is 9.18 Å². The molecule has 0 saturated heterocycles. The molecule has 0 aliphatic rings. The predicted molar refractivity (Wildman–Crippen MR) is 99.9 cm³/mol. The maximum atomic E-state index is 13.2. The number of ketones is 1. The summed E-state index contributed by atoms with van der Waals surface area (Å²) in [7, 11) is 3.12. The fourth-order valence-electron chi connectivity index (χ4n) is 2.87. The Balaban J connectivity index is 2.01. The van der Waals surface area contributed by atoms with E-state index in [1.807, 2.05) is 11.9 Å². The monoisotopic (exact) mass is 376 g/mol. The molecule has 0 spiro atoms. The summed E-state index contributed by atoms with van der Waals surface area (Å²) in [5.74, 6) is -0.506. The first-order valence-electron chi connectivity index (χ1n) is 8.66. The molecule has 0 aliphatic heterocycles. The van der Waals surface area contributed by atoms with Crippen LogP contribution < -0.4 is 4.74 Å². The number of H-pyrrole nitrogens is 1. The minimum atomic E-state index is -0.468. The Morgan fingerprint density at radius 3 is 2.63 bits per heavy atom. The number of esters is 1. The lowest BCUT2D eigenvalue weighted by Gasteiger charge is -2.23. The summed E-state index contributed by atoms with van der Waals surface area (Å²) < 4.78 is 23.5. The van der Waals surface area contributed by atoms with Gasteiger partial charge in [0.25, 0.3) is 0 Å². The summed E-state index contributed by atoms with van der Waals surface area (Å²) >= 11 is 0. The first-order valence-corrected chi connectivity index (χ1v) is 8.66. The van der Waals surface area contributed by atoms with Crippen LogP contribution in [0.15, 0.2) is 24.3 Å². The smallest absolute Gasteiger partial charge is 0.339 e. The molecule has 1 heterocycles. The number of halogens is 1. The molecule has 1 unspecified atom stereocenters. The van der Waals surface area contributed by atoms with Crippen molar-refractivity contribution in [2.24, 2.45) is 0 Å². The number of Topliss-reactive ketones (excluding diaryl/α,β-unsaturated/α-hetero) is 1. The Morgan fingerprint density at radius 2 is 2.00 bits per heavy atom. The number of nitrogens with one attached hydrogen (secondary N) is 1. The topological polar surface area (TPSA) is 71.6 Å². The van der Waals surface area contributed by atoms with Gasteiger partial charge in [0, 0.05) is 18.3 Å². The molecule has 0 amide bonds. The van der Waals surface area contributed by atoms with Crippen molar-refractivity contribution in [1.82, 2.24) is 9.88 Å². The van der Waals surface area contributed by atoms with Gasteiger partial charge in [-0.2, -0.15) is 0 Å². The third-order valence-electron chi connectivity index (χ3n) is 4.62. The predicted octanol–water partition coefficient (Wildman–Crippen LogP) is 3.14. The molecule has 0 aliphatic carbocycles. The number of ether oxygens (including phenoxy) is 2. The average Bonchev–Trinajstić information content (AvgIpc) is 2.94. The number of likely N-dealkylation sites (N-methyl/N-ethyl adjacent to an activating group) is 1. The highest BCUT2D eigenvalue weighted by Crippen LogP contribution is 2.21. The van der Waals surface area contributed by atoms with Gasteiger partial charge >= 0.3 is 5.97 Å². The van der Waals surface area contributed by atoms with E-state index in [0.717, 1.165) is 0 Å². The zero-order chi connectivity index (χ0) is 20.1. The number of hydrogen-bond donors (Lipinski definition) is 1. The van der Waals surface area contributed by atoms with Gasteiger partial charge in [-0.15, -0.1) is 0 Å². The van der Waals surface area contributed by atoms with Gasteiger partial charge in [-0.05, 0) is 45.5 Å². The van der Waals surface area contributed by atoms with E-state index in [9.17, 15) is 14.0 Å². The number of hydrogen-bond acceptors (Lipinski definition) is 5. The summed E-state index contributed by atoms with van der Waals surface area (Å²) in [4.78, 5) is 29.6. The summed E-state index contributed by atoms with van der Waals surface area (Å²) in [5.41, 5.74) is 1.98. The van der Waals surface area contributed by atoms with E-state index >= 15 is 0 Å². The molecular formula is C20H25FN2O4. The number of aryl methyl sites for hydroxylation is 1. The van der Waals surface area contributed by atoms with Gasteiger partial charge in [-0.3, -0.25) is 9.69 Å². The summed E-state index contributed by atoms with van der Waals surface area (Å²) in [6.07, 6.45) is 0. The third-order valence-corrected chi connectivity index (χ3v) is 4.62. The molecule has 2 aromatic rings. The first-order chi connectivity index (χ1) is 12.8. The maximum absolute atomic E-state index is 13.2. The highest BCUT2D eigenvalue weighted by atomic mass is 19.1. The second-order valence-corrected chi connectivity index (χ2v) is 6.44. The molecule has 2 rings (SSSR count). The van der Waals surface area contributed by atoms with Crippen LogP contribution >= 0.6 is 0 Å². The normalized spacial score (nSPS) is 12.1. The van der Waals surface area contributed by atoms with E-state index in [-0.39, 0.29) is 11.6 Å². The van der Waals surface area contributed by atoms with Gasteiger partial charge in [0.15, 0.2) is 5.78 Å². The van der Waals surface area contributed by atoms with Gasteiger partial charge in [-0.1, -0.05) is 6.07 Å². The van der Waals surface area contributed by atoms with Gasteiger partial charge in [0.05, 0.1) is 24.4 Å². The number of aromatic nitrogens is 1. The van der Waals surface area contributed by atoms with Crippen LogP contribution in [0.25, 0.3) is 0 Å². The largest absolute Gasteiger partial charge is 0.492 e. The van der Waals surface area contributed by atoms with Gasteiger partial charge in [0.2, 0.25) is 0 Å². The first kappa shape index (κ1) is 20.6. The zero-order valence-electron chi connectivity index (χ0n) is 16.3. The second kappa shape index (κ2) is 8.81. The van der Waals surface area contributed by atoms with Crippen LogP contribution in [0.3, 0.4) is 0 Å². The van der Waals surface area contributed by atoms with E-state index in [1.165, 1.54) is 19.2 Å². The summed E-state index contributed by atoms with van der Waals surface area (Å²) in [6, 6.07) is 5.49. The third kappa shape index (κ3) is 4.74. The molecule has 0 saturated carbocycles. The number of carbonyl (C=O) groups is 2. The zero-order valence-corrected chi connectivity index (χ0v) is 16.3. The molecule has 1 aromatic carbocycles. The van der Waals surface area contributed by atoms with E-state index in [0.29, 0.717) is 41.4 Å². The van der Waals surface area contributed by atoms with Crippen LogP contribution in [-0.2, 0) is 4.74 Å². The van der Waals surface area contributed by atoms with Crippen molar-refractivity contribution in [1.29, 1.82) is 0 Å². The molecule has 1 N–H and O–H groups in total. The van der Waals surface area contributed by atoms with E-state index < -0.39 is 12.0 Å². The lowest BCUT2D eigenvalue weighted by atomic mass is 10.0. The van der Waals surface area contributed by atoms with Crippen LogP contribution in [0, 0.1) is 19.7 Å². The molecule has 1 atom stereocenters. The standard InChI is InChI=1S/C20H25FN2O4/c1-12-17(20(25)26-5)13(2)22-18(12)19(24)14(3)23(4)9-10-27-16-8-6-7-15(21)11-16/h6-8,11,14,22H,9-10H2,1-5H3. The SMILES string of the molecule is COC(=O)c1c(C)[nH]c(C(=O)C(C)N(C)CCOc2cccc(F)c2)c1C. The van der Waals surface area contributed by atoms with Crippen LogP contribution in [-0.4, -0.2) is 55.0 Å². The molecular weight excluding hydrogens is 351 g/mol. The average molecular weight is 376 g/mol. The molecule has 0 radical (unpaired) electrons. The lowest BCUT2D eigenvalue weighted by Crippen LogP contribution is -2.38. The molecule has 7 heteroatoms. The number of benzene rings is 1. The lowest BCUT2D eigenvalue weighted by molar-refractivity contribution is 0.0599. The number of carbonyl (C=O) groups excluding carboxylic acids is 2. The van der Waals surface area contributed by atoms with Crippen molar-refractivity contribution >= 4 is 11.8 Å². The Kier molecular flexibility index (Phi) is 6.74. The van der Waals surface area contributed by atoms with Crippen LogP contribution in [0.4, 0.5) is 4.39 Å². The van der Waals surface area contributed by atoms with Crippen LogP contribution in [0.5, 0.6) is 5.75 Å². The molecule has 1 aromatic heterocycles. The van der Waals surface area contributed by atoms with E-state index in [4.69, 9.17) is 9.47 Å². The number of methoxy groups -OCH3 is 1. The van der Waals surface area contributed by atoms with Gasteiger partial charge < -0.3 is 14.5 Å². The van der Waals surface area contributed by atoms with Crippen molar-refractivity contribution in [2.75, 3.05) is 27.3 Å². The second-order valence-electron chi connectivity index (χ2n) is 6.44. The number of rotatable bonds is 8. The minimum absolute atomic E-state index is 0.126. The Hall–Kier alpha value is -2.67. The highest BCUT2D eigenvalue weighted by molar-refractivity contribution is 6.03. The summed E-state index contributed by atoms with van der Waals surface area (Å²) in [6.45, 7) is 6.04. The Labute approximate surface area is 158 Å². The Bertz CT molecular complexity index is 831. The minimum Gasteiger partial charge on any atom is -0.492 e. The number of aromatic amines is 1. The van der Waals surface area contributed by atoms with Crippen molar-refractivity contribution in [2.45, 2.75) is 26.8 Å². The molecule has 27 heavy (non-hydrogen) atoms. The van der Waals surface area contributed by atoms with Crippen molar-refractivity contribution in [3.8, 4) is 5.75 Å².